The average molecular weight is 470 g/mol. The highest BCUT2D eigenvalue weighted by Crippen LogP contribution is 2.21. The largest absolute Gasteiger partial charge is 0.322 e. The third kappa shape index (κ3) is 4.95. The second-order valence-corrected chi connectivity index (χ2v) is 8.51. The van der Waals surface area contributed by atoms with Crippen molar-refractivity contribution in [3.05, 3.63) is 62.5 Å². The molecule has 1 fully saturated rings. The molecule has 1 aliphatic rings. The fourth-order valence-corrected chi connectivity index (χ4v) is 4.13. The van der Waals surface area contributed by atoms with Gasteiger partial charge in [0.15, 0.2) is 0 Å². The Balaban J connectivity index is 1.67. The highest BCUT2D eigenvalue weighted by Gasteiger charge is 2.13. The van der Waals surface area contributed by atoms with Crippen molar-refractivity contribution in [1.82, 2.24) is 4.90 Å². The van der Waals surface area contributed by atoms with Gasteiger partial charge in [0.25, 0.3) is 5.91 Å². The summed E-state index contributed by atoms with van der Waals surface area (Å²) < 4.78 is 14.1. The fraction of sp³-hybridized carbons (Fsp3) is 0.316. The number of halogens is 2. The lowest BCUT2D eigenvalue weighted by Crippen LogP contribution is -2.31. The van der Waals surface area contributed by atoms with Crippen LogP contribution in [0.5, 0.6) is 0 Å². The maximum absolute atomic E-state index is 13.6. The quantitative estimate of drug-likeness (QED) is 0.667. The zero-order valence-electron chi connectivity index (χ0n) is 14.0. The summed E-state index contributed by atoms with van der Waals surface area (Å²) >= 11 is 3.91. The van der Waals surface area contributed by atoms with Gasteiger partial charge in [-0.3, -0.25) is 9.69 Å². The first kappa shape index (κ1) is 18.7. The van der Waals surface area contributed by atoms with Gasteiger partial charge in [-0.15, -0.1) is 0 Å². The molecule has 6 heteroatoms. The Hall–Kier alpha value is -1.12. The molecule has 0 bridgehead atoms. The van der Waals surface area contributed by atoms with Gasteiger partial charge in [0.05, 0.1) is 0 Å². The topological polar surface area (TPSA) is 32.3 Å². The van der Waals surface area contributed by atoms with Crippen molar-refractivity contribution in [2.45, 2.75) is 13.5 Å². The number of anilines is 1. The first-order valence-electron chi connectivity index (χ1n) is 8.19. The SMILES string of the molecule is Cc1cc(CN2CCSCC2)ccc1NC(=O)c1ccc(I)c(F)c1. The molecule has 2 aromatic rings. The average Bonchev–Trinajstić information content (AvgIpc) is 2.60. The third-order valence-electron chi connectivity index (χ3n) is 4.23. The first-order valence-corrected chi connectivity index (χ1v) is 10.4. The predicted octanol–water partition coefficient (Wildman–Crippen LogP) is 4.54. The number of amides is 1. The Morgan fingerprint density at radius 3 is 2.68 bits per heavy atom. The molecule has 1 amide bonds. The van der Waals surface area contributed by atoms with E-state index in [0.717, 1.165) is 30.9 Å². The maximum atomic E-state index is 13.6. The number of thioether (sulfide) groups is 1. The Morgan fingerprint density at radius 2 is 2.00 bits per heavy atom. The molecule has 0 unspecified atom stereocenters. The zero-order valence-corrected chi connectivity index (χ0v) is 17.0. The molecule has 0 aliphatic carbocycles. The van der Waals surface area contributed by atoms with Crippen LogP contribution in [0.4, 0.5) is 10.1 Å². The van der Waals surface area contributed by atoms with E-state index in [1.807, 2.05) is 47.3 Å². The standard InChI is InChI=1S/C19H20FIN2OS/c1-13-10-14(12-23-6-8-25-9-7-23)2-5-18(13)22-19(24)15-3-4-17(21)16(20)11-15/h2-5,10-11H,6-9,12H2,1H3,(H,22,24). The lowest BCUT2D eigenvalue weighted by Gasteiger charge is -2.26. The van der Waals surface area contributed by atoms with Crippen LogP contribution < -0.4 is 5.32 Å². The number of nitrogens with one attached hydrogen (secondary N) is 1. The minimum Gasteiger partial charge on any atom is -0.322 e. The van der Waals surface area contributed by atoms with Crippen LogP contribution in [0, 0.1) is 16.3 Å². The van der Waals surface area contributed by atoms with Crippen LogP contribution in [0.1, 0.15) is 21.5 Å². The van der Waals surface area contributed by atoms with E-state index in [-0.39, 0.29) is 11.7 Å². The van der Waals surface area contributed by atoms with Gasteiger partial charge in [-0.25, -0.2) is 4.39 Å². The van der Waals surface area contributed by atoms with Crippen molar-refractivity contribution < 1.29 is 9.18 Å². The van der Waals surface area contributed by atoms with Crippen LogP contribution >= 0.6 is 34.4 Å². The molecule has 1 N–H and O–H groups in total. The van der Waals surface area contributed by atoms with Crippen molar-refractivity contribution in [3.63, 3.8) is 0 Å². The van der Waals surface area contributed by atoms with Crippen LogP contribution in [-0.4, -0.2) is 35.4 Å². The third-order valence-corrected chi connectivity index (χ3v) is 6.05. The first-order chi connectivity index (χ1) is 12.0. The summed E-state index contributed by atoms with van der Waals surface area (Å²) in [6, 6.07) is 10.6. The summed E-state index contributed by atoms with van der Waals surface area (Å²) in [4.78, 5) is 14.8. The minimum absolute atomic E-state index is 0.292. The van der Waals surface area contributed by atoms with Crippen molar-refractivity contribution in [3.8, 4) is 0 Å². The number of rotatable bonds is 4. The summed E-state index contributed by atoms with van der Waals surface area (Å²) in [7, 11) is 0. The molecular formula is C19H20FIN2OS. The summed E-state index contributed by atoms with van der Waals surface area (Å²) in [5, 5.41) is 2.88. The van der Waals surface area contributed by atoms with E-state index in [4.69, 9.17) is 0 Å². The zero-order chi connectivity index (χ0) is 17.8. The van der Waals surface area contributed by atoms with E-state index in [0.29, 0.717) is 9.13 Å². The molecule has 0 radical (unpaired) electrons. The lowest BCUT2D eigenvalue weighted by molar-refractivity contribution is 0.102. The number of carbonyl (C=O) groups is 1. The van der Waals surface area contributed by atoms with Crippen LogP contribution in [0.15, 0.2) is 36.4 Å². The molecular weight excluding hydrogens is 450 g/mol. The van der Waals surface area contributed by atoms with Crippen LogP contribution in [-0.2, 0) is 6.54 Å². The normalized spacial score (nSPS) is 15.2. The van der Waals surface area contributed by atoms with E-state index in [2.05, 4.69) is 22.3 Å². The number of hydrogen-bond acceptors (Lipinski definition) is 3. The van der Waals surface area contributed by atoms with Gasteiger partial charge < -0.3 is 5.32 Å². The molecule has 1 aliphatic heterocycles. The maximum Gasteiger partial charge on any atom is 0.255 e. The highest BCUT2D eigenvalue weighted by atomic mass is 127. The van der Waals surface area contributed by atoms with E-state index in [1.54, 1.807) is 12.1 Å². The molecule has 3 rings (SSSR count). The molecule has 1 saturated heterocycles. The van der Waals surface area contributed by atoms with Gasteiger partial charge in [0, 0.05) is 46.0 Å². The minimum atomic E-state index is -0.375. The Bertz CT molecular complexity index is 778. The molecule has 2 aromatic carbocycles. The summed E-state index contributed by atoms with van der Waals surface area (Å²) in [5.41, 5.74) is 3.36. The van der Waals surface area contributed by atoms with Gasteiger partial charge in [-0.05, 0) is 64.9 Å². The van der Waals surface area contributed by atoms with Crippen LogP contribution in [0.3, 0.4) is 0 Å². The molecule has 132 valence electrons. The van der Waals surface area contributed by atoms with E-state index < -0.39 is 0 Å². The highest BCUT2D eigenvalue weighted by molar-refractivity contribution is 14.1. The van der Waals surface area contributed by atoms with Crippen molar-refractivity contribution >= 4 is 45.9 Å². The van der Waals surface area contributed by atoms with Gasteiger partial charge in [0.2, 0.25) is 0 Å². The van der Waals surface area contributed by atoms with Crippen molar-refractivity contribution in [1.29, 1.82) is 0 Å². The van der Waals surface area contributed by atoms with E-state index in [1.165, 1.54) is 23.1 Å². The number of carbonyl (C=O) groups excluding carboxylic acids is 1. The van der Waals surface area contributed by atoms with E-state index in [9.17, 15) is 9.18 Å². The second kappa shape index (κ2) is 8.51. The van der Waals surface area contributed by atoms with Crippen LogP contribution in [0.25, 0.3) is 0 Å². The van der Waals surface area contributed by atoms with Gasteiger partial charge in [-0.1, -0.05) is 12.1 Å². The van der Waals surface area contributed by atoms with Crippen LogP contribution in [0.2, 0.25) is 0 Å². The van der Waals surface area contributed by atoms with Crippen molar-refractivity contribution in [2.24, 2.45) is 0 Å². The molecule has 1 heterocycles. The molecule has 3 nitrogen and oxygen atoms in total. The molecule has 0 spiro atoms. The summed E-state index contributed by atoms with van der Waals surface area (Å²) in [5.74, 6) is 1.72. The Kier molecular flexibility index (Phi) is 6.35. The lowest BCUT2D eigenvalue weighted by atomic mass is 10.1. The molecule has 0 saturated carbocycles. The van der Waals surface area contributed by atoms with Gasteiger partial charge in [-0.2, -0.15) is 11.8 Å². The Morgan fingerprint density at radius 1 is 1.24 bits per heavy atom. The molecule has 0 aromatic heterocycles. The predicted molar refractivity (Wildman–Crippen MR) is 111 cm³/mol. The molecule has 0 atom stereocenters. The number of aryl methyl sites for hydroxylation is 1. The fourth-order valence-electron chi connectivity index (χ4n) is 2.81. The summed E-state index contributed by atoms with van der Waals surface area (Å²) in [6.07, 6.45) is 0. The monoisotopic (exact) mass is 470 g/mol. The summed E-state index contributed by atoms with van der Waals surface area (Å²) in [6.45, 7) is 5.18. The van der Waals surface area contributed by atoms with E-state index >= 15 is 0 Å². The number of nitrogens with zero attached hydrogens (tertiary/aromatic N) is 1. The Labute approximate surface area is 165 Å². The number of hydrogen-bond donors (Lipinski definition) is 1. The van der Waals surface area contributed by atoms with Crippen molar-refractivity contribution in [2.75, 3.05) is 29.9 Å². The van der Waals surface area contributed by atoms with Gasteiger partial charge >= 0.3 is 0 Å². The smallest absolute Gasteiger partial charge is 0.255 e. The van der Waals surface area contributed by atoms with Gasteiger partial charge in [0.1, 0.15) is 5.82 Å². The number of benzene rings is 2. The second-order valence-electron chi connectivity index (χ2n) is 6.12. The molecule has 25 heavy (non-hydrogen) atoms.